The molecule has 5 heteroatoms. The number of ether oxygens (including phenoxy) is 2. The van der Waals surface area contributed by atoms with Gasteiger partial charge in [-0.1, -0.05) is 12.1 Å². The Morgan fingerprint density at radius 2 is 2.24 bits per heavy atom. The highest BCUT2D eigenvalue weighted by molar-refractivity contribution is 8.00. The summed E-state index contributed by atoms with van der Waals surface area (Å²) >= 11 is 1.91. The van der Waals surface area contributed by atoms with Gasteiger partial charge < -0.3 is 14.4 Å². The van der Waals surface area contributed by atoms with E-state index in [9.17, 15) is 4.79 Å². The molecule has 0 saturated carbocycles. The first-order valence-corrected chi connectivity index (χ1v) is 8.38. The Morgan fingerprint density at radius 3 is 2.90 bits per heavy atom. The van der Waals surface area contributed by atoms with Crippen molar-refractivity contribution in [3.63, 3.8) is 0 Å². The molecule has 0 aliphatic carbocycles. The van der Waals surface area contributed by atoms with Gasteiger partial charge in [0.05, 0.1) is 20.1 Å². The molecule has 2 saturated heterocycles. The zero-order valence-electron chi connectivity index (χ0n) is 12.3. The predicted molar refractivity (Wildman–Crippen MR) is 83.7 cm³/mol. The van der Waals surface area contributed by atoms with Crippen LogP contribution in [0, 0.1) is 0 Å². The second-order valence-electron chi connectivity index (χ2n) is 5.52. The molecule has 0 atom stereocenters. The molecule has 0 unspecified atom stereocenters. The predicted octanol–water partition coefficient (Wildman–Crippen LogP) is 2.32. The fourth-order valence-electron chi connectivity index (χ4n) is 2.95. The molecular formula is C16H21NO3S. The summed E-state index contributed by atoms with van der Waals surface area (Å²) in [5.41, 5.74) is 1.01. The molecule has 21 heavy (non-hydrogen) atoms. The minimum atomic E-state index is -0.00720. The van der Waals surface area contributed by atoms with Gasteiger partial charge in [0, 0.05) is 31.7 Å². The number of thioether (sulfide) groups is 1. The van der Waals surface area contributed by atoms with Crippen molar-refractivity contribution in [1.29, 1.82) is 0 Å². The van der Waals surface area contributed by atoms with E-state index >= 15 is 0 Å². The molecule has 0 bridgehead atoms. The zero-order chi connectivity index (χ0) is 14.7. The number of hydrogen-bond acceptors (Lipinski definition) is 4. The molecule has 1 aromatic carbocycles. The van der Waals surface area contributed by atoms with Crippen LogP contribution in [0.25, 0.3) is 0 Å². The van der Waals surface area contributed by atoms with Crippen molar-refractivity contribution in [2.75, 3.05) is 32.6 Å². The fraction of sp³-hybridized carbons (Fsp3) is 0.562. The largest absolute Gasteiger partial charge is 0.497 e. The molecule has 0 radical (unpaired) electrons. The molecule has 0 aromatic heterocycles. The Kier molecular flexibility index (Phi) is 4.40. The number of likely N-dealkylation sites (tertiary alicyclic amines) is 1. The third kappa shape index (κ3) is 3.35. The van der Waals surface area contributed by atoms with Crippen LogP contribution in [0.2, 0.25) is 0 Å². The molecule has 3 rings (SSSR count). The standard InChI is InChI=1S/C16H21NO3S/c1-19-14-4-2-3-13(11-14)12-15(18)17-7-5-16(6-8-17)20-9-10-21-16/h2-4,11H,5-10,12H2,1H3. The second kappa shape index (κ2) is 6.28. The number of carbonyl (C=O) groups is 1. The summed E-state index contributed by atoms with van der Waals surface area (Å²) in [6.07, 6.45) is 2.33. The van der Waals surface area contributed by atoms with Crippen LogP contribution in [-0.2, 0) is 16.0 Å². The first-order chi connectivity index (χ1) is 10.2. The molecule has 2 heterocycles. The van der Waals surface area contributed by atoms with E-state index in [0.29, 0.717) is 6.42 Å². The van der Waals surface area contributed by atoms with E-state index in [1.165, 1.54) is 0 Å². The minimum Gasteiger partial charge on any atom is -0.497 e. The quantitative estimate of drug-likeness (QED) is 0.859. The van der Waals surface area contributed by atoms with Crippen LogP contribution < -0.4 is 4.74 Å². The average molecular weight is 307 g/mol. The highest BCUT2D eigenvalue weighted by Gasteiger charge is 2.40. The van der Waals surface area contributed by atoms with Crippen LogP contribution >= 0.6 is 11.8 Å². The lowest BCUT2D eigenvalue weighted by atomic mass is 10.1. The molecule has 114 valence electrons. The minimum absolute atomic E-state index is 0.00720. The molecule has 2 fully saturated rings. The fourth-order valence-corrected chi connectivity index (χ4v) is 4.13. The van der Waals surface area contributed by atoms with Crippen molar-refractivity contribution < 1.29 is 14.3 Å². The first kappa shape index (κ1) is 14.7. The SMILES string of the molecule is COc1cccc(CC(=O)N2CCC3(CC2)OCCS3)c1. The monoisotopic (exact) mass is 307 g/mol. The van der Waals surface area contributed by atoms with Crippen molar-refractivity contribution in [2.45, 2.75) is 24.2 Å². The number of methoxy groups -OCH3 is 1. The molecule has 2 aliphatic rings. The number of hydrogen-bond donors (Lipinski definition) is 0. The van der Waals surface area contributed by atoms with Gasteiger partial charge >= 0.3 is 0 Å². The smallest absolute Gasteiger partial charge is 0.226 e. The number of amides is 1. The van der Waals surface area contributed by atoms with E-state index in [0.717, 1.165) is 49.6 Å². The summed E-state index contributed by atoms with van der Waals surface area (Å²) < 4.78 is 11.1. The van der Waals surface area contributed by atoms with Crippen LogP contribution in [-0.4, -0.2) is 48.3 Å². The topological polar surface area (TPSA) is 38.8 Å². The number of carbonyl (C=O) groups excluding carboxylic acids is 1. The van der Waals surface area contributed by atoms with Crippen molar-refractivity contribution in [1.82, 2.24) is 4.90 Å². The van der Waals surface area contributed by atoms with Gasteiger partial charge in [0.25, 0.3) is 0 Å². The van der Waals surface area contributed by atoms with Gasteiger partial charge in [0.2, 0.25) is 5.91 Å². The molecule has 4 nitrogen and oxygen atoms in total. The van der Waals surface area contributed by atoms with Crippen molar-refractivity contribution >= 4 is 17.7 Å². The number of piperidine rings is 1. The summed E-state index contributed by atoms with van der Waals surface area (Å²) in [4.78, 5) is 14.4. The highest BCUT2D eigenvalue weighted by Crippen LogP contribution is 2.41. The van der Waals surface area contributed by atoms with Gasteiger partial charge in [-0.3, -0.25) is 4.79 Å². The highest BCUT2D eigenvalue weighted by atomic mass is 32.2. The van der Waals surface area contributed by atoms with E-state index < -0.39 is 0 Å². The van der Waals surface area contributed by atoms with Crippen LogP contribution in [0.5, 0.6) is 5.75 Å². The molecule has 1 aromatic rings. The maximum Gasteiger partial charge on any atom is 0.226 e. The van der Waals surface area contributed by atoms with Gasteiger partial charge in [0.15, 0.2) is 0 Å². The van der Waals surface area contributed by atoms with Gasteiger partial charge in [-0.15, -0.1) is 11.8 Å². The van der Waals surface area contributed by atoms with Crippen molar-refractivity contribution in [3.05, 3.63) is 29.8 Å². The molecular weight excluding hydrogens is 286 g/mol. The van der Waals surface area contributed by atoms with E-state index in [2.05, 4.69) is 0 Å². The first-order valence-electron chi connectivity index (χ1n) is 7.39. The molecule has 1 amide bonds. The van der Waals surface area contributed by atoms with Gasteiger partial charge in [-0.2, -0.15) is 0 Å². The Labute approximate surface area is 129 Å². The van der Waals surface area contributed by atoms with Gasteiger partial charge in [-0.25, -0.2) is 0 Å². The Morgan fingerprint density at radius 1 is 1.43 bits per heavy atom. The van der Waals surface area contributed by atoms with E-state index in [1.807, 2.05) is 40.9 Å². The third-order valence-electron chi connectivity index (χ3n) is 4.18. The summed E-state index contributed by atoms with van der Waals surface area (Å²) in [6.45, 7) is 2.45. The number of benzene rings is 1. The molecule has 1 spiro atoms. The zero-order valence-corrected chi connectivity index (χ0v) is 13.2. The Bertz CT molecular complexity index is 504. The Balaban J connectivity index is 1.56. The molecule has 2 aliphatic heterocycles. The van der Waals surface area contributed by atoms with Crippen LogP contribution in [0.3, 0.4) is 0 Å². The molecule has 0 N–H and O–H groups in total. The lowest BCUT2D eigenvalue weighted by Gasteiger charge is -2.37. The summed E-state index contributed by atoms with van der Waals surface area (Å²) in [5, 5.41) is 0. The summed E-state index contributed by atoms with van der Waals surface area (Å²) in [5.74, 6) is 2.08. The van der Waals surface area contributed by atoms with Gasteiger partial charge in [-0.05, 0) is 17.7 Å². The van der Waals surface area contributed by atoms with E-state index in [-0.39, 0.29) is 10.8 Å². The normalized spacial score (nSPS) is 20.7. The maximum absolute atomic E-state index is 12.4. The Hall–Kier alpha value is -1.20. The second-order valence-corrected chi connectivity index (χ2v) is 6.96. The number of nitrogens with zero attached hydrogens (tertiary/aromatic N) is 1. The summed E-state index contributed by atoms with van der Waals surface area (Å²) in [7, 11) is 1.64. The van der Waals surface area contributed by atoms with Gasteiger partial charge in [0.1, 0.15) is 10.7 Å². The van der Waals surface area contributed by atoms with Crippen LogP contribution in [0.1, 0.15) is 18.4 Å². The lowest BCUT2D eigenvalue weighted by Crippen LogP contribution is -2.45. The lowest BCUT2D eigenvalue weighted by molar-refractivity contribution is -0.133. The van der Waals surface area contributed by atoms with E-state index in [4.69, 9.17) is 9.47 Å². The van der Waals surface area contributed by atoms with Crippen molar-refractivity contribution in [2.24, 2.45) is 0 Å². The third-order valence-corrected chi connectivity index (χ3v) is 5.60. The summed E-state index contributed by atoms with van der Waals surface area (Å²) in [6, 6.07) is 7.73. The van der Waals surface area contributed by atoms with Crippen molar-refractivity contribution in [3.8, 4) is 5.75 Å². The average Bonchev–Trinajstić information content (AvgIpc) is 2.96. The van der Waals surface area contributed by atoms with E-state index in [1.54, 1.807) is 7.11 Å². The van der Waals surface area contributed by atoms with Crippen LogP contribution in [0.4, 0.5) is 0 Å². The number of rotatable bonds is 3. The maximum atomic E-state index is 12.4. The van der Waals surface area contributed by atoms with Crippen LogP contribution in [0.15, 0.2) is 24.3 Å².